The summed E-state index contributed by atoms with van der Waals surface area (Å²) in [4.78, 5) is 0. The third-order valence-electron chi connectivity index (χ3n) is 3.86. The number of hydrogen-bond acceptors (Lipinski definition) is 5. The fraction of sp³-hybridized carbons (Fsp3) is 0.684. The van der Waals surface area contributed by atoms with Gasteiger partial charge in [0.05, 0.1) is 33.0 Å². The Morgan fingerprint density at radius 1 is 0.846 bits per heavy atom. The van der Waals surface area contributed by atoms with Crippen molar-refractivity contribution in [2.24, 2.45) is 0 Å². The molecule has 5 nitrogen and oxygen atoms in total. The van der Waals surface area contributed by atoms with Crippen LogP contribution < -0.4 is 60.9 Å². The van der Waals surface area contributed by atoms with Crippen LogP contribution in [0.2, 0.25) is 0 Å². The Morgan fingerprint density at radius 3 is 2.04 bits per heavy atom. The number of aryl methyl sites for hydroxylation is 1. The molecule has 0 aliphatic carbocycles. The molecule has 0 spiro atoms. The second kappa shape index (κ2) is 16.8. The topological polar surface area (TPSA) is 46.2 Å². The molecule has 0 unspecified atom stereocenters. The Labute approximate surface area is 212 Å². The van der Waals surface area contributed by atoms with Crippen molar-refractivity contribution in [3.8, 4) is 11.5 Å². The summed E-state index contributed by atoms with van der Waals surface area (Å²) < 4.78 is 27.6. The van der Waals surface area contributed by atoms with Gasteiger partial charge in [0.15, 0.2) is 11.5 Å². The summed E-state index contributed by atoms with van der Waals surface area (Å²) in [6, 6.07) is 4.12. The van der Waals surface area contributed by atoms with E-state index in [9.17, 15) is 0 Å². The summed E-state index contributed by atoms with van der Waals surface area (Å²) in [6.07, 6.45) is 4.38. The monoisotopic (exact) mass is 405 g/mol. The summed E-state index contributed by atoms with van der Waals surface area (Å²) in [5, 5.41) is 0. The van der Waals surface area contributed by atoms with Crippen LogP contribution in [0.15, 0.2) is 12.1 Å². The van der Waals surface area contributed by atoms with Crippen LogP contribution in [0.25, 0.3) is 0 Å². The SMILES string of the molecule is CCCCOCCOCCOCc1cc2c(cc1CCC)OCO2.[Al].[H-].[K+]. The van der Waals surface area contributed by atoms with Crippen LogP contribution in [0.4, 0.5) is 0 Å². The van der Waals surface area contributed by atoms with Crippen molar-refractivity contribution in [2.45, 2.75) is 46.1 Å². The van der Waals surface area contributed by atoms with Crippen LogP contribution in [-0.2, 0) is 27.2 Å². The largest absolute Gasteiger partial charge is 1.00 e. The molecular formula is C19H31AlKO5. The van der Waals surface area contributed by atoms with Gasteiger partial charge in [0.25, 0.3) is 0 Å². The summed E-state index contributed by atoms with van der Waals surface area (Å²) in [5.74, 6) is 1.66. The maximum absolute atomic E-state index is 5.75. The van der Waals surface area contributed by atoms with E-state index in [0.717, 1.165) is 43.8 Å². The van der Waals surface area contributed by atoms with Gasteiger partial charge >= 0.3 is 51.4 Å². The zero-order valence-electron chi connectivity index (χ0n) is 17.6. The first-order chi connectivity index (χ1) is 11.8. The maximum Gasteiger partial charge on any atom is 1.00 e. The molecular weight excluding hydrogens is 374 g/mol. The van der Waals surface area contributed by atoms with Gasteiger partial charge in [0.1, 0.15) is 0 Å². The van der Waals surface area contributed by atoms with Gasteiger partial charge in [-0.15, -0.1) is 0 Å². The van der Waals surface area contributed by atoms with Crippen molar-refractivity contribution in [1.82, 2.24) is 0 Å². The Morgan fingerprint density at radius 2 is 1.42 bits per heavy atom. The van der Waals surface area contributed by atoms with E-state index >= 15 is 0 Å². The minimum atomic E-state index is 0. The molecule has 0 N–H and O–H groups in total. The van der Waals surface area contributed by atoms with E-state index in [1.54, 1.807) is 0 Å². The Balaban J connectivity index is 0. The Bertz CT molecular complexity index is 493. The second-order valence-corrected chi connectivity index (χ2v) is 5.86. The molecule has 0 bridgehead atoms. The summed E-state index contributed by atoms with van der Waals surface area (Å²) >= 11 is 0. The minimum absolute atomic E-state index is 0. The van der Waals surface area contributed by atoms with E-state index in [4.69, 9.17) is 23.7 Å². The zero-order valence-corrected chi connectivity index (χ0v) is 20.8. The van der Waals surface area contributed by atoms with Crippen LogP contribution >= 0.6 is 0 Å². The fourth-order valence-corrected chi connectivity index (χ4v) is 2.53. The average molecular weight is 406 g/mol. The number of hydrogen-bond donors (Lipinski definition) is 0. The standard InChI is InChI=1S/C19H30O5.Al.K.H/c1-3-5-7-20-8-9-21-10-11-22-14-17-13-19-18(23-15-24-19)12-16(17)6-4-2;;;/h12-13H,3-11,14-15H2,1-2H3;;;/q;;+1;-1. The molecule has 26 heavy (non-hydrogen) atoms. The van der Waals surface area contributed by atoms with E-state index in [0.29, 0.717) is 39.8 Å². The van der Waals surface area contributed by atoms with E-state index in [2.05, 4.69) is 19.9 Å². The Kier molecular flexibility index (Phi) is 17.4. The van der Waals surface area contributed by atoms with Crippen molar-refractivity contribution in [3.05, 3.63) is 23.3 Å². The first-order valence-electron chi connectivity index (χ1n) is 8.99. The smallest absolute Gasteiger partial charge is 1.00 e. The molecule has 1 aliphatic heterocycles. The van der Waals surface area contributed by atoms with Crippen LogP contribution in [0.3, 0.4) is 0 Å². The van der Waals surface area contributed by atoms with E-state index in [1.165, 1.54) is 11.1 Å². The number of unbranched alkanes of at least 4 members (excludes halogenated alkanes) is 1. The molecule has 3 radical (unpaired) electrons. The van der Waals surface area contributed by atoms with Crippen LogP contribution in [0.5, 0.6) is 11.5 Å². The van der Waals surface area contributed by atoms with E-state index < -0.39 is 0 Å². The van der Waals surface area contributed by atoms with Gasteiger partial charge in [-0.05, 0) is 36.1 Å². The molecule has 1 aliphatic rings. The molecule has 2 rings (SSSR count). The third kappa shape index (κ3) is 9.88. The predicted molar refractivity (Wildman–Crippen MR) is 99.6 cm³/mol. The van der Waals surface area contributed by atoms with Crippen LogP contribution in [-0.4, -0.2) is 57.2 Å². The summed E-state index contributed by atoms with van der Waals surface area (Å²) in [5.41, 5.74) is 2.44. The second-order valence-electron chi connectivity index (χ2n) is 5.86. The molecule has 1 aromatic rings. The van der Waals surface area contributed by atoms with Gasteiger partial charge in [0, 0.05) is 24.0 Å². The van der Waals surface area contributed by atoms with Crippen LogP contribution in [0.1, 0.15) is 45.7 Å². The first-order valence-corrected chi connectivity index (χ1v) is 8.99. The molecule has 1 aromatic carbocycles. The van der Waals surface area contributed by atoms with Crippen molar-refractivity contribution in [1.29, 1.82) is 0 Å². The molecule has 0 amide bonds. The van der Waals surface area contributed by atoms with Gasteiger partial charge in [-0.1, -0.05) is 26.7 Å². The minimum Gasteiger partial charge on any atom is -1.00 e. The first kappa shape index (κ1) is 26.9. The fourth-order valence-electron chi connectivity index (χ4n) is 2.53. The molecule has 141 valence electrons. The average Bonchev–Trinajstić information content (AvgIpc) is 3.04. The van der Waals surface area contributed by atoms with Gasteiger partial charge in [-0.25, -0.2) is 0 Å². The molecule has 0 aromatic heterocycles. The van der Waals surface area contributed by atoms with Crippen molar-refractivity contribution >= 4 is 17.4 Å². The molecule has 0 fully saturated rings. The predicted octanol–water partition coefficient (Wildman–Crippen LogP) is 0.453. The zero-order chi connectivity index (χ0) is 17.0. The van der Waals surface area contributed by atoms with Crippen molar-refractivity contribution < 1.29 is 76.5 Å². The summed E-state index contributed by atoms with van der Waals surface area (Å²) in [7, 11) is 0. The number of rotatable bonds is 13. The summed E-state index contributed by atoms with van der Waals surface area (Å²) in [6.45, 7) is 8.47. The van der Waals surface area contributed by atoms with Gasteiger partial charge in [-0.3, -0.25) is 0 Å². The molecule has 0 atom stereocenters. The van der Waals surface area contributed by atoms with Gasteiger partial charge in [0.2, 0.25) is 6.79 Å². The number of ether oxygens (including phenoxy) is 5. The van der Waals surface area contributed by atoms with E-state index in [-0.39, 0.29) is 70.2 Å². The number of fused-ring (bicyclic) bond motifs is 1. The van der Waals surface area contributed by atoms with Gasteiger partial charge in [-0.2, -0.15) is 0 Å². The number of benzene rings is 1. The third-order valence-corrected chi connectivity index (χ3v) is 3.86. The molecule has 1 heterocycles. The normalized spacial score (nSPS) is 11.8. The Hall–Kier alpha value is 0.869. The van der Waals surface area contributed by atoms with Crippen molar-refractivity contribution in [3.63, 3.8) is 0 Å². The molecule has 7 heteroatoms. The molecule has 0 saturated heterocycles. The van der Waals surface area contributed by atoms with E-state index in [1.807, 2.05) is 6.07 Å². The van der Waals surface area contributed by atoms with Gasteiger partial charge < -0.3 is 25.1 Å². The molecule has 0 saturated carbocycles. The van der Waals surface area contributed by atoms with Crippen molar-refractivity contribution in [2.75, 3.05) is 39.8 Å². The van der Waals surface area contributed by atoms with Crippen LogP contribution in [0, 0.1) is 0 Å². The quantitative estimate of drug-likeness (QED) is 0.352. The maximum atomic E-state index is 5.75.